The molecule has 0 bridgehead atoms. The molecule has 0 radical (unpaired) electrons. The standard InChI is InChI=1S/C23H23Cl2N3S/c1-16(2)13-21-22(18-9-10-19(24)20(25)14-18)27-23(29-21)28(12-6-11-26)15-17-7-4-3-5-8-17/h3-5,7-10,14,16H,6,12-13,15H2,1-2H3. The largest absolute Gasteiger partial charge is 0.343 e. The van der Waals surface area contributed by atoms with E-state index in [2.05, 4.69) is 36.9 Å². The van der Waals surface area contributed by atoms with E-state index in [1.54, 1.807) is 11.3 Å². The Labute approximate surface area is 186 Å². The third-order valence-electron chi connectivity index (χ3n) is 4.45. The minimum absolute atomic E-state index is 0.452. The lowest BCUT2D eigenvalue weighted by Gasteiger charge is -2.20. The van der Waals surface area contributed by atoms with Gasteiger partial charge in [-0.1, -0.05) is 73.4 Å². The molecule has 150 valence electrons. The van der Waals surface area contributed by atoms with Crippen LogP contribution >= 0.6 is 34.5 Å². The summed E-state index contributed by atoms with van der Waals surface area (Å²) in [5.41, 5.74) is 3.12. The Morgan fingerprint density at radius 3 is 2.52 bits per heavy atom. The molecule has 0 N–H and O–H groups in total. The van der Waals surface area contributed by atoms with Crippen molar-refractivity contribution in [2.75, 3.05) is 11.4 Å². The molecule has 0 aliphatic rings. The number of hydrogen-bond donors (Lipinski definition) is 0. The predicted molar refractivity (Wildman–Crippen MR) is 124 cm³/mol. The van der Waals surface area contributed by atoms with Gasteiger partial charge in [0.1, 0.15) is 0 Å². The van der Waals surface area contributed by atoms with E-state index < -0.39 is 0 Å². The number of hydrogen-bond acceptors (Lipinski definition) is 4. The fraction of sp³-hybridized carbons (Fsp3) is 0.304. The van der Waals surface area contributed by atoms with Crippen molar-refractivity contribution in [1.29, 1.82) is 5.26 Å². The van der Waals surface area contributed by atoms with Gasteiger partial charge in [-0.2, -0.15) is 5.26 Å². The average Bonchev–Trinajstić information content (AvgIpc) is 3.11. The highest BCUT2D eigenvalue weighted by molar-refractivity contribution is 7.16. The minimum Gasteiger partial charge on any atom is -0.343 e. The van der Waals surface area contributed by atoms with Gasteiger partial charge in [0.25, 0.3) is 0 Å². The maximum atomic E-state index is 9.12. The third-order valence-corrected chi connectivity index (χ3v) is 6.33. The number of nitriles is 1. The van der Waals surface area contributed by atoms with Crippen LogP contribution in [0, 0.1) is 17.2 Å². The third kappa shape index (κ3) is 5.73. The van der Waals surface area contributed by atoms with Gasteiger partial charge in [0.2, 0.25) is 0 Å². The van der Waals surface area contributed by atoms with Gasteiger partial charge in [-0.05, 0) is 30.0 Å². The van der Waals surface area contributed by atoms with Gasteiger partial charge in [-0.25, -0.2) is 4.98 Å². The Morgan fingerprint density at radius 2 is 1.86 bits per heavy atom. The SMILES string of the molecule is CC(C)Cc1sc(N(CCC#N)Cc2ccccc2)nc1-c1ccc(Cl)c(Cl)c1. The molecule has 0 unspecified atom stereocenters. The summed E-state index contributed by atoms with van der Waals surface area (Å²) in [6.45, 7) is 5.77. The van der Waals surface area contributed by atoms with Crippen molar-refractivity contribution in [1.82, 2.24) is 4.98 Å². The van der Waals surface area contributed by atoms with Crippen LogP contribution in [0.15, 0.2) is 48.5 Å². The van der Waals surface area contributed by atoms with E-state index in [0.29, 0.717) is 28.9 Å². The van der Waals surface area contributed by atoms with Gasteiger partial charge in [-0.15, -0.1) is 11.3 Å². The van der Waals surface area contributed by atoms with Crippen LogP contribution in [0.4, 0.5) is 5.13 Å². The van der Waals surface area contributed by atoms with Crippen molar-refractivity contribution in [2.24, 2.45) is 5.92 Å². The molecule has 0 aliphatic carbocycles. The van der Waals surface area contributed by atoms with Crippen LogP contribution < -0.4 is 4.90 Å². The quantitative estimate of drug-likeness (QED) is 0.368. The first-order chi connectivity index (χ1) is 14.0. The molecule has 0 saturated heterocycles. The molecule has 2 aromatic carbocycles. The molecule has 3 rings (SSSR count). The summed E-state index contributed by atoms with van der Waals surface area (Å²) in [7, 11) is 0. The van der Waals surface area contributed by atoms with E-state index in [1.807, 2.05) is 36.4 Å². The molecular formula is C23H23Cl2N3S. The molecule has 0 fully saturated rings. The predicted octanol–water partition coefficient (Wildman–Crippen LogP) is 7.24. The normalized spacial score (nSPS) is 10.9. The van der Waals surface area contributed by atoms with E-state index in [4.69, 9.17) is 33.4 Å². The summed E-state index contributed by atoms with van der Waals surface area (Å²) in [5, 5.41) is 11.1. The smallest absolute Gasteiger partial charge is 0.186 e. The molecule has 0 atom stereocenters. The summed E-state index contributed by atoms with van der Waals surface area (Å²) >= 11 is 14.1. The Morgan fingerprint density at radius 1 is 1.10 bits per heavy atom. The molecule has 6 heteroatoms. The highest BCUT2D eigenvalue weighted by Gasteiger charge is 2.19. The fourth-order valence-electron chi connectivity index (χ4n) is 3.08. The first-order valence-corrected chi connectivity index (χ1v) is 11.2. The summed E-state index contributed by atoms with van der Waals surface area (Å²) in [4.78, 5) is 8.40. The summed E-state index contributed by atoms with van der Waals surface area (Å²) in [6, 6.07) is 18.2. The molecule has 3 aromatic rings. The van der Waals surface area contributed by atoms with Crippen LogP contribution in [0.1, 0.15) is 30.7 Å². The van der Waals surface area contributed by atoms with E-state index in [-0.39, 0.29) is 0 Å². The Hall–Kier alpha value is -2.06. The molecule has 29 heavy (non-hydrogen) atoms. The van der Waals surface area contributed by atoms with Gasteiger partial charge in [-0.3, -0.25) is 0 Å². The number of benzene rings is 2. The molecule has 1 aromatic heterocycles. The Balaban J connectivity index is 2.00. The number of anilines is 1. The number of nitrogens with zero attached hydrogens (tertiary/aromatic N) is 3. The molecule has 0 aliphatic heterocycles. The van der Waals surface area contributed by atoms with Crippen molar-refractivity contribution >= 4 is 39.7 Å². The van der Waals surface area contributed by atoms with Crippen molar-refractivity contribution in [3.8, 4) is 17.3 Å². The van der Waals surface area contributed by atoms with Crippen LogP contribution in [-0.4, -0.2) is 11.5 Å². The van der Waals surface area contributed by atoms with Crippen LogP contribution in [-0.2, 0) is 13.0 Å². The molecule has 0 spiro atoms. The van der Waals surface area contributed by atoms with Gasteiger partial charge in [0, 0.05) is 23.5 Å². The second-order valence-corrected chi connectivity index (χ2v) is 9.19. The highest BCUT2D eigenvalue weighted by Crippen LogP contribution is 2.37. The second kappa shape index (κ2) is 10.1. The van der Waals surface area contributed by atoms with E-state index in [0.717, 1.165) is 29.4 Å². The van der Waals surface area contributed by atoms with Crippen molar-refractivity contribution in [3.63, 3.8) is 0 Å². The van der Waals surface area contributed by atoms with Crippen LogP contribution in [0.25, 0.3) is 11.3 Å². The fourth-order valence-corrected chi connectivity index (χ4v) is 4.70. The lowest BCUT2D eigenvalue weighted by molar-refractivity contribution is 0.654. The number of halogens is 2. The zero-order chi connectivity index (χ0) is 20.8. The van der Waals surface area contributed by atoms with Gasteiger partial charge >= 0.3 is 0 Å². The summed E-state index contributed by atoms with van der Waals surface area (Å²) in [5.74, 6) is 0.506. The van der Waals surface area contributed by atoms with Crippen LogP contribution in [0.5, 0.6) is 0 Å². The number of aromatic nitrogens is 1. The maximum absolute atomic E-state index is 9.12. The zero-order valence-electron chi connectivity index (χ0n) is 16.5. The number of rotatable bonds is 8. The lowest BCUT2D eigenvalue weighted by atomic mass is 10.0. The molecular weight excluding hydrogens is 421 g/mol. The Bertz CT molecular complexity index is 993. The van der Waals surface area contributed by atoms with Gasteiger partial charge in [0.05, 0.1) is 28.2 Å². The monoisotopic (exact) mass is 443 g/mol. The van der Waals surface area contributed by atoms with Crippen LogP contribution in [0.3, 0.4) is 0 Å². The van der Waals surface area contributed by atoms with E-state index in [9.17, 15) is 0 Å². The number of thiazole rings is 1. The molecule has 0 amide bonds. The molecule has 3 nitrogen and oxygen atoms in total. The minimum atomic E-state index is 0.452. The van der Waals surface area contributed by atoms with Crippen molar-refractivity contribution < 1.29 is 0 Å². The highest BCUT2D eigenvalue weighted by atomic mass is 35.5. The maximum Gasteiger partial charge on any atom is 0.186 e. The Kier molecular flexibility index (Phi) is 7.55. The lowest BCUT2D eigenvalue weighted by Crippen LogP contribution is -2.23. The van der Waals surface area contributed by atoms with Gasteiger partial charge < -0.3 is 4.90 Å². The van der Waals surface area contributed by atoms with Crippen molar-refractivity contribution in [2.45, 2.75) is 33.2 Å². The van der Waals surface area contributed by atoms with Crippen molar-refractivity contribution in [3.05, 3.63) is 69.0 Å². The van der Waals surface area contributed by atoms with Gasteiger partial charge in [0.15, 0.2) is 5.13 Å². The average molecular weight is 444 g/mol. The first-order valence-electron chi connectivity index (χ1n) is 9.59. The second-order valence-electron chi connectivity index (χ2n) is 7.31. The topological polar surface area (TPSA) is 39.9 Å². The summed E-state index contributed by atoms with van der Waals surface area (Å²) in [6.07, 6.45) is 1.39. The first kappa shape index (κ1) is 21.6. The molecule has 1 heterocycles. The van der Waals surface area contributed by atoms with Crippen LogP contribution in [0.2, 0.25) is 10.0 Å². The zero-order valence-corrected chi connectivity index (χ0v) is 18.9. The summed E-state index contributed by atoms with van der Waals surface area (Å²) < 4.78 is 0. The van der Waals surface area contributed by atoms with E-state index >= 15 is 0 Å². The van der Waals surface area contributed by atoms with E-state index in [1.165, 1.54) is 10.4 Å². The molecule has 0 saturated carbocycles.